The molecule has 0 aliphatic rings. The summed E-state index contributed by atoms with van der Waals surface area (Å²) in [6.07, 6.45) is 1.02. The summed E-state index contributed by atoms with van der Waals surface area (Å²) in [5.41, 5.74) is 9.54. The predicted molar refractivity (Wildman–Crippen MR) is 87.2 cm³/mol. The van der Waals surface area contributed by atoms with E-state index in [1.54, 1.807) is 0 Å². The molecule has 0 aliphatic heterocycles. The van der Waals surface area contributed by atoms with Crippen molar-refractivity contribution in [2.24, 2.45) is 5.73 Å². The van der Waals surface area contributed by atoms with Crippen LogP contribution in [0.3, 0.4) is 0 Å². The molecule has 0 spiro atoms. The summed E-state index contributed by atoms with van der Waals surface area (Å²) in [7, 11) is -1.25. The van der Waals surface area contributed by atoms with Gasteiger partial charge in [0.25, 0.3) is 0 Å². The maximum Gasteiger partial charge on any atom is 0.230 e. The molecule has 4 heteroatoms. The van der Waals surface area contributed by atoms with Crippen molar-refractivity contribution in [1.82, 2.24) is 0 Å². The lowest BCUT2D eigenvalue weighted by molar-refractivity contribution is -0.115. The van der Waals surface area contributed by atoms with Crippen molar-refractivity contribution < 1.29 is 9.00 Å². The molecule has 0 unspecified atom stereocenters. The molecule has 110 valence electrons. The summed E-state index contributed by atoms with van der Waals surface area (Å²) in [5.74, 6) is -0.265. The molecule has 2 N–H and O–H groups in total. The second-order valence-corrected chi connectivity index (χ2v) is 6.40. The molecular weight excluding hydrogens is 282 g/mol. The number of aryl methyl sites for hydroxylation is 1. The van der Waals surface area contributed by atoms with Crippen LogP contribution in [-0.4, -0.2) is 15.9 Å². The highest BCUT2D eigenvalue weighted by atomic mass is 32.2. The zero-order valence-corrected chi connectivity index (χ0v) is 12.9. The minimum Gasteiger partial charge on any atom is -0.369 e. The van der Waals surface area contributed by atoms with Crippen molar-refractivity contribution in [3.05, 3.63) is 59.7 Å². The SMILES string of the molecule is CCc1ccc(-c2cccc(C[S@@](=O)CC(N)=O)c2)cc1. The van der Waals surface area contributed by atoms with Crippen LogP contribution in [0.15, 0.2) is 48.5 Å². The first-order chi connectivity index (χ1) is 10.1. The van der Waals surface area contributed by atoms with E-state index < -0.39 is 16.7 Å². The fourth-order valence-corrected chi connectivity index (χ4v) is 3.14. The first-order valence-electron chi connectivity index (χ1n) is 6.90. The average Bonchev–Trinajstić information content (AvgIpc) is 2.46. The standard InChI is InChI=1S/C17H19NO2S/c1-2-13-6-8-15(9-7-13)16-5-3-4-14(10-16)11-21(20)12-17(18)19/h3-10H,2,11-12H2,1H3,(H2,18,19)/t21-/m1/s1. The molecule has 0 saturated carbocycles. The van der Waals surface area contributed by atoms with E-state index in [2.05, 4.69) is 31.2 Å². The monoisotopic (exact) mass is 301 g/mol. The highest BCUT2D eigenvalue weighted by molar-refractivity contribution is 7.84. The molecular formula is C17H19NO2S. The van der Waals surface area contributed by atoms with Gasteiger partial charge in [-0.25, -0.2) is 0 Å². The third kappa shape index (κ3) is 4.53. The molecule has 2 aromatic rings. The lowest BCUT2D eigenvalue weighted by Gasteiger charge is -2.06. The van der Waals surface area contributed by atoms with Gasteiger partial charge in [-0.15, -0.1) is 0 Å². The summed E-state index contributed by atoms with van der Waals surface area (Å²) < 4.78 is 11.8. The minimum absolute atomic E-state index is 0.0879. The molecule has 1 atom stereocenters. The van der Waals surface area contributed by atoms with Crippen LogP contribution < -0.4 is 5.73 Å². The van der Waals surface area contributed by atoms with Crippen LogP contribution >= 0.6 is 0 Å². The quantitative estimate of drug-likeness (QED) is 0.891. The molecule has 0 heterocycles. The Kier molecular flexibility index (Phi) is 5.28. The number of hydrogen-bond acceptors (Lipinski definition) is 2. The Morgan fingerprint density at radius 1 is 1.05 bits per heavy atom. The molecule has 0 bridgehead atoms. The van der Waals surface area contributed by atoms with Gasteiger partial charge in [0.15, 0.2) is 0 Å². The molecule has 0 radical (unpaired) electrons. The third-order valence-electron chi connectivity index (χ3n) is 3.25. The van der Waals surface area contributed by atoms with Crippen LogP contribution in [-0.2, 0) is 27.8 Å². The minimum atomic E-state index is -1.25. The fraction of sp³-hybridized carbons (Fsp3) is 0.235. The Balaban J connectivity index is 2.16. The predicted octanol–water partition coefficient (Wildman–Crippen LogP) is 2.65. The Labute approximate surface area is 127 Å². The number of rotatable bonds is 6. The molecule has 21 heavy (non-hydrogen) atoms. The van der Waals surface area contributed by atoms with Crippen molar-refractivity contribution in [2.75, 3.05) is 5.75 Å². The smallest absolute Gasteiger partial charge is 0.230 e. The second-order valence-electron chi connectivity index (χ2n) is 4.95. The first-order valence-corrected chi connectivity index (χ1v) is 8.39. The van der Waals surface area contributed by atoms with E-state index in [0.717, 1.165) is 23.1 Å². The Bertz CT molecular complexity index is 650. The van der Waals surface area contributed by atoms with E-state index in [0.29, 0.717) is 5.75 Å². The van der Waals surface area contributed by atoms with Crippen molar-refractivity contribution in [2.45, 2.75) is 19.1 Å². The number of carbonyl (C=O) groups excluding carboxylic acids is 1. The van der Waals surface area contributed by atoms with Gasteiger partial charge in [0.2, 0.25) is 5.91 Å². The molecule has 3 nitrogen and oxygen atoms in total. The number of primary amides is 1. The normalized spacial score (nSPS) is 12.0. The summed E-state index contributed by atoms with van der Waals surface area (Å²) >= 11 is 0. The van der Waals surface area contributed by atoms with Crippen LogP contribution in [0.25, 0.3) is 11.1 Å². The first kappa shape index (κ1) is 15.4. The number of amides is 1. The highest BCUT2D eigenvalue weighted by Crippen LogP contribution is 2.21. The fourth-order valence-electron chi connectivity index (χ4n) is 2.17. The van der Waals surface area contributed by atoms with E-state index in [1.165, 1.54) is 5.56 Å². The number of benzene rings is 2. The summed E-state index contributed by atoms with van der Waals surface area (Å²) in [5, 5.41) is 0. The van der Waals surface area contributed by atoms with Gasteiger partial charge in [0, 0.05) is 16.6 Å². The van der Waals surface area contributed by atoms with Crippen LogP contribution in [0.5, 0.6) is 0 Å². The average molecular weight is 301 g/mol. The maximum absolute atomic E-state index is 11.8. The lowest BCUT2D eigenvalue weighted by atomic mass is 10.0. The van der Waals surface area contributed by atoms with Gasteiger partial charge in [0.05, 0.1) is 0 Å². The van der Waals surface area contributed by atoms with Gasteiger partial charge in [-0.1, -0.05) is 55.5 Å². The zero-order valence-electron chi connectivity index (χ0n) is 12.0. The molecule has 1 amide bonds. The van der Waals surface area contributed by atoms with Crippen LogP contribution in [0, 0.1) is 0 Å². The van der Waals surface area contributed by atoms with Gasteiger partial charge in [-0.05, 0) is 28.7 Å². The molecule has 0 aliphatic carbocycles. The maximum atomic E-state index is 11.8. The van der Waals surface area contributed by atoms with Gasteiger partial charge in [-0.3, -0.25) is 9.00 Å². The molecule has 0 fully saturated rings. The van der Waals surface area contributed by atoms with E-state index in [1.807, 2.05) is 24.3 Å². The molecule has 2 rings (SSSR count). The van der Waals surface area contributed by atoms with Crippen molar-refractivity contribution in [3.8, 4) is 11.1 Å². The second kappa shape index (κ2) is 7.18. The van der Waals surface area contributed by atoms with Crippen molar-refractivity contribution in [3.63, 3.8) is 0 Å². The van der Waals surface area contributed by atoms with E-state index in [-0.39, 0.29) is 5.75 Å². The Hall–Kier alpha value is -1.94. The Morgan fingerprint density at radius 3 is 2.38 bits per heavy atom. The van der Waals surface area contributed by atoms with Gasteiger partial charge in [0.1, 0.15) is 5.75 Å². The van der Waals surface area contributed by atoms with Crippen LogP contribution in [0.1, 0.15) is 18.1 Å². The molecule has 0 aromatic heterocycles. The summed E-state index contributed by atoms with van der Waals surface area (Å²) in [6.45, 7) is 2.13. The van der Waals surface area contributed by atoms with E-state index in [4.69, 9.17) is 5.73 Å². The largest absolute Gasteiger partial charge is 0.369 e. The van der Waals surface area contributed by atoms with Crippen molar-refractivity contribution >= 4 is 16.7 Å². The number of carbonyl (C=O) groups is 1. The van der Waals surface area contributed by atoms with Crippen LogP contribution in [0.2, 0.25) is 0 Å². The molecule has 0 saturated heterocycles. The van der Waals surface area contributed by atoms with E-state index in [9.17, 15) is 9.00 Å². The third-order valence-corrected chi connectivity index (χ3v) is 4.52. The summed E-state index contributed by atoms with van der Waals surface area (Å²) in [4.78, 5) is 10.8. The lowest BCUT2D eigenvalue weighted by Crippen LogP contribution is -2.20. The van der Waals surface area contributed by atoms with E-state index >= 15 is 0 Å². The Morgan fingerprint density at radius 2 is 1.76 bits per heavy atom. The topological polar surface area (TPSA) is 60.2 Å². The van der Waals surface area contributed by atoms with Gasteiger partial charge in [-0.2, -0.15) is 0 Å². The number of hydrogen-bond donors (Lipinski definition) is 1. The summed E-state index contributed by atoms with van der Waals surface area (Å²) in [6, 6.07) is 16.3. The van der Waals surface area contributed by atoms with Crippen LogP contribution in [0.4, 0.5) is 0 Å². The highest BCUT2D eigenvalue weighted by Gasteiger charge is 2.06. The zero-order chi connectivity index (χ0) is 15.2. The van der Waals surface area contributed by atoms with Gasteiger partial charge < -0.3 is 5.73 Å². The number of nitrogens with two attached hydrogens (primary N) is 1. The molecule has 2 aromatic carbocycles. The van der Waals surface area contributed by atoms with Gasteiger partial charge >= 0.3 is 0 Å². The van der Waals surface area contributed by atoms with Crippen molar-refractivity contribution in [1.29, 1.82) is 0 Å².